The van der Waals surface area contributed by atoms with E-state index in [2.05, 4.69) is 20.3 Å². The Morgan fingerprint density at radius 1 is 1.04 bits per heavy atom. The number of nitrogens with one attached hydrogen (secondary N) is 3. The molecule has 5 bridgehead atoms. The average Bonchev–Trinajstić information content (AvgIpc) is 4.09. The van der Waals surface area contributed by atoms with Crippen molar-refractivity contribution in [1.82, 2.24) is 25.2 Å². The Morgan fingerprint density at radius 3 is 2.59 bits per heavy atom. The normalized spacial score (nSPS) is 29.5. The van der Waals surface area contributed by atoms with Crippen molar-refractivity contribution in [3.63, 3.8) is 0 Å². The van der Waals surface area contributed by atoms with Crippen LogP contribution < -0.4 is 29.6 Å². The largest absolute Gasteiger partial charge is 0.496 e. The smallest absolute Gasteiger partial charge is 0.407 e. The summed E-state index contributed by atoms with van der Waals surface area (Å²) in [7, 11) is -0.839. The fourth-order valence-corrected chi connectivity index (χ4v) is 9.13. The van der Waals surface area contributed by atoms with Gasteiger partial charge >= 0.3 is 6.09 Å². The second-order valence-electron chi connectivity index (χ2n) is 16.3. The number of pyridine rings is 1. The zero-order chi connectivity index (χ0) is 39.8. The standard InChI is InChI=1S/C40H51N5O10S/c1-39(2)16-10-11-24-17-28-30(19-32(24)52-3)41-34(53-4)20-33(28)55-26-18-31-35(46)43-40(37(48)44-56(50,51)27-14-15-27)21-25(40)12-8-6-5-7-9-13-29(36(47)45(31)22-26)42-38(49)54-23-39/h8,10-12,17,19-20,25-27,29,31H,5-7,9,13-16,18,21-23H2,1-4H3,(H,42,49)(H,43,46)(H,44,48)/b11-10+,12-8-/t25-,26-,29+,31+,40-/m1/s1. The number of rotatable bonds is 5. The number of ether oxygens (including phenoxy) is 4. The van der Waals surface area contributed by atoms with Crippen LogP contribution in [0.25, 0.3) is 17.0 Å². The molecule has 7 rings (SSSR count). The highest BCUT2D eigenvalue weighted by molar-refractivity contribution is 7.91. The van der Waals surface area contributed by atoms with Crippen molar-refractivity contribution in [1.29, 1.82) is 0 Å². The summed E-state index contributed by atoms with van der Waals surface area (Å²) in [5.74, 6) is -1.08. The molecule has 0 radical (unpaired) electrons. The van der Waals surface area contributed by atoms with E-state index in [1.165, 1.54) is 12.0 Å². The van der Waals surface area contributed by atoms with Crippen LogP contribution in [0.4, 0.5) is 4.79 Å². The molecule has 2 aromatic rings. The van der Waals surface area contributed by atoms with E-state index in [9.17, 15) is 27.6 Å². The number of nitrogens with zero attached hydrogens (tertiary/aromatic N) is 2. The second-order valence-corrected chi connectivity index (χ2v) is 18.3. The molecule has 2 aliphatic carbocycles. The zero-order valence-corrected chi connectivity index (χ0v) is 33.1. The highest BCUT2D eigenvalue weighted by Gasteiger charge is 2.62. The Kier molecular flexibility index (Phi) is 11.0. The molecule has 1 aromatic heterocycles. The lowest BCUT2D eigenvalue weighted by Crippen LogP contribution is -2.58. The monoisotopic (exact) mass is 793 g/mol. The summed E-state index contributed by atoms with van der Waals surface area (Å²) in [5.41, 5.74) is -0.674. The van der Waals surface area contributed by atoms with E-state index >= 15 is 0 Å². The van der Waals surface area contributed by atoms with Gasteiger partial charge in [0.2, 0.25) is 27.7 Å². The van der Waals surface area contributed by atoms with Crippen molar-refractivity contribution in [2.75, 3.05) is 27.4 Å². The summed E-state index contributed by atoms with van der Waals surface area (Å²) in [6.45, 7) is 3.99. The summed E-state index contributed by atoms with van der Waals surface area (Å²) in [6.07, 6.45) is 11.2. The number of carbonyl (C=O) groups excluding carboxylic acids is 4. The summed E-state index contributed by atoms with van der Waals surface area (Å²) >= 11 is 0. The van der Waals surface area contributed by atoms with Crippen LogP contribution in [0.1, 0.15) is 83.6 Å². The van der Waals surface area contributed by atoms with Gasteiger partial charge in [-0.3, -0.25) is 19.1 Å². The van der Waals surface area contributed by atoms with Gasteiger partial charge in [0.15, 0.2) is 0 Å². The van der Waals surface area contributed by atoms with Crippen LogP contribution in [-0.2, 0) is 29.1 Å². The van der Waals surface area contributed by atoms with Crippen LogP contribution in [0.3, 0.4) is 0 Å². The fraction of sp³-hybridized carbons (Fsp3) is 0.575. The maximum absolute atomic E-state index is 14.6. The summed E-state index contributed by atoms with van der Waals surface area (Å²) < 4.78 is 51.6. The third-order valence-corrected chi connectivity index (χ3v) is 13.1. The maximum Gasteiger partial charge on any atom is 0.407 e. The minimum atomic E-state index is -3.90. The number of fused-ring (bicyclic) bond motifs is 4. The number of hydrogen-bond donors (Lipinski definition) is 3. The van der Waals surface area contributed by atoms with Crippen molar-refractivity contribution in [3.8, 4) is 17.4 Å². The van der Waals surface area contributed by atoms with E-state index < -0.39 is 74.1 Å². The Bertz CT molecular complexity index is 2060. The number of benzene rings is 1. The van der Waals surface area contributed by atoms with Crippen molar-refractivity contribution in [2.24, 2.45) is 11.3 Å². The molecular weight excluding hydrogens is 743 g/mol. The van der Waals surface area contributed by atoms with Crippen LogP contribution in [0.5, 0.6) is 17.4 Å². The van der Waals surface area contributed by atoms with Gasteiger partial charge in [-0.2, -0.15) is 0 Å². The molecule has 56 heavy (non-hydrogen) atoms. The van der Waals surface area contributed by atoms with Gasteiger partial charge in [-0.25, -0.2) is 18.2 Å². The topological polar surface area (TPSA) is 192 Å². The minimum Gasteiger partial charge on any atom is -0.496 e. The molecule has 0 spiro atoms. The van der Waals surface area contributed by atoms with Gasteiger partial charge in [-0.05, 0) is 51.0 Å². The number of alkyl carbamates (subject to hydrolysis) is 1. The zero-order valence-electron chi connectivity index (χ0n) is 32.3. The fourth-order valence-electron chi connectivity index (χ4n) is 7.76. The molecule has 3 aliphatic heterocycles. The molecule has 2 saturated carbocycles. The molecule has 15 nitrogen and oxygen atoms in total. The highest BCUT2D eigenvalue weighted by atomic mass is 32.2. The molecule has 5 aliphatic rings. The molecule has 3 N–H and O–H groups in total. The predicted octanol–water partition coefficient (Wildman–Crippen LogP) is 4.14. The van der Waals surface area contributed by atoms with Gasteiger partial charge in [0.25, 0.3) is 5.91 Å². The number of cyclic esters (lactones) is 1. The van der Waals surface area contributed by atoms with E-state index in [4.69, 9.17) is 18.9 Å². The highest BCUT2D eigenvalue weighted by Crippen LogP contribution is 2.46. The first kappa shape index (κ1) is 39.4. The van der Waals surface area contributed by atoms with Gasteiger partial charge in [0.1, 0.15) is 35.2 Å². The lowest BCUT2D eigenvalue weighted by atomic mass is 9.90. The van der Waals surface area contributed by atoms with E-state index in [0.29, 0.717) is 60.9 Å². The maximum atomic E-state index is 14.6. The molecule has 1 saturated heterocycles. The quantitative estimate of drug-likeness (QED) is 0.369. The first-order chi connectivity index (χ1) is 26.7. The van der Waals surface area contributed by atoms with Crippen molar-refractivity contribution in [3.05, 3.63) is 42.0 Å². The Labute approximate surface area is 327 Å². The first-order valence-electron chi connectivity index (χ1n) is 19.4. The van der Waals surface area contributed by atoms with Crippen LogP contribution in [0, 0.1) is 11.3 Å². The van der Waals surface area contributed by atoms with Crippen molar-refractivity contribution in [2.45, 2.75) is 107 Å². The summed E-state index contributed by atoms with van der Waals surface area (Å²) in [4.78, 5) is 62.2. The Balaban J connectivity index is 1.28. The Morgan fingerprint density at radius 2 is 1.84 bits per heavy atom. The third kappa shape index (κ3) is 8.44. The minimum absolute atomic E-state index is 0.0230. The van der Waals surface area contributed by atoms with Crippen LogP contribution in [-0.4, -0.2) is 98.5 Å². The molecule has 4 heterocycles. The first-order valence-corrected chi connectivity index (χ1v) is 20.9. The molecule has 1 aromatic carbocycles. The van der Waals surface area contributed by atoms with E-state index in [-0.39, 0.29) is 31.9 Å². The molecule has 16 heteroatoms. The molecule has 3 fully saturated rings. The van der Waals surface area contributed by atoms with Gasteiger partial charge < -0.3 is 34.5 Å². The summed E-state index contributed by atoms with van der Waals surface area (Å²) in [5, 5.41) is 5.70. The van der Waals surface area contributed by atoms with Crippen LogP contribution >= 0.6 is 0 Å². The molecule has 4 amide bonds. The Hall–Kier alpha value is -4.86. The lowest BCUT2D eigenvalue weighted by molar-refractivity contribution is -0.141. The van der Waals surface area contributed by atoms with Gasteiger partial charge in [0, 0.05) is 40.8 Å². The van der Waals surface area contributed by atoms with Gasteiger partial charge in [-0.15, -0.1) is 0 Å². The van der Waals surface area contributed by atoms with Crippen molar-refractivity contribution < 1.29 is 46.5 Å². The average molecular weight is 794 g/mol. The molecule has 0 unspecified atom stereocenters. The lowest BCUT2D eigenvalue weighted by Gasteiger charge is -2.30. The van der Waals surface area contributed by atoms with Crippen molar-refractivity contribution >= 4 is 50.8 Å². The summed E-state index contributed by atoms with van der Waals surface area (Å²) in [6, 6.07) is 3.21. The molecular formula is C40H51N5O10S. The third-order valence-electron chi connectivity index (χ3n) is 11.3. The molecule has 5 atom stereocenters. The van der Waals surface area contributed by atoms with E-state index in [0.717, 1.165) is 18.4 Å². The molecule has 302 valence electrons. The second kappa shape index (κ2) is 15.6. The number of amides is 4. The van der Waals surface area contributed by atoms with Crippen LogP contribution in [0.15, 0.2) is 36.4 Å². The SMILES string of the molecule is COc1cc2c3cc(c(OC)cc3n1)/C=C/CC(C)(C)COC(=O)N[C@H]1CCCCC/C=C\[C@@H]3C[C@@]3(C(=O)NS(=O)(=O)C3CC3)NC(=O)[C@@H]3C[C@H](CN3C1=O)O2. The van der Waals surface area contributed by atoms with Crippen LogP contribution in [0.2, 0.25) is 0 Å². The number of sulfonamides is 1. The number of allylic oxidation sites excluding steroid dienone is 2. The number of carbonyl (C=O) groups is 4. The van der Waals surface area contributed by atoms with Gasteiger partial charge in [0.05, 0.1) is 38.1 Å². The number of hydrogen-bond acceptors (Lipinski definition) is 11. The number of aromatic nitrogens is 1. The van der Waals surface area contributed by atoms with Gasteiger partial charge in [-0.1, -0.05) is 51.0 Å². The number of methoxy groups -OCH3 is 2. The van der Waals surface area contributed by atoms with E-state index in [1.807, 2.05) is 44.2 Å². The predicted molar refractivity (Wildman–Crippen MR) is 206 cm³/mol. The van der Waals surface area contributed by atoms with E-state index in [1.54, 1.807) is 19.2 Å².